The molecule has 11 nitrogen and oxygen atoms in total. The zero-order valence-electron chi connectivity index (χ0n) is 34.2. The summed E-state index contributed by atoms with van der Waals surface area (Å²) in [4.78, 5) is 64.5. The molecule has 0 aromatic heterocycles. The molecule has 0 aliphatic heterocycles. The average molecular weight is 758 g/mol. The first-order valence-corrected chi connectivity index (χ1v) is 21.3. The highest BCUT2D eigenvalue weighted by Gasteiger charge is 2.22. The van der Waals surface area contributed by atoms with Crippen LogP contribution in [0.15, 0.2) is 30.3 Å². The summed E-state index contributed by atoms with van der Waals surface area (Å²) in [5.41, 5.74) is 0.838. The van der Waals surface area contributed by atoms with Crippen LogP contribution in [0.1, 0.15) is 167 Å². The van der Waals surface area contributed by atoms with Gasteiger partial charge in [0.25, 0.3) is 0 Å². The lowest BCUT2D eigenvalue weighted by Crippen LogP contribution is -2.48. The Morgan fingerprint density at radius 3 is 1.59 bits per heavy atom. The third kappa shape index (κ3) is 27.9. The van der Waals surface area contributed by atoms with E-state index in [-0.39, 0.29) is 50.8 Å². The topological polar surface area (TPSA) is 146 Å². The van der Waals surface area contributed by atoms with Crippen molar-refractivity contribution in [2.24, 2.45) is 0 Å². The van der Waals surface area contributed by atoms with Crippen LogP contribution in [0.2, 0.25) is 0 Å². The molecular weight excluding hydrogens is 683 g/mol. The predicted molar refractivity (Wildman–Crippen MR) is 218 cm³/mol. The number of benzene rings is 1. The van der Waals surface area contributed by atoms with Gasteiger partial charge in [-0.05, 0) is 24.8 Å². The maximum atomic E-state index is 13.1. The molecule has 0 radical (unpaired) electrons. The molecule has 0 unspecified atom stereocenters. The normalized spacial score (nSPS) is 11.4. The molecule has 54 heavy (non-hydrogen) atoms. The van der Waals surface area contributed by atoms with Crippen molar-refractivity contribution in [1.82, 2.24) is 26.2 Å². The van der Waals surface area contributed by atoms with E-state index in [2.05, 4.69) is 35.1 Å². The van der Waals surface area contributed by atoms with Crippen LogP contribution in [0, 0.1) is 0 Å². The molecule has 0 saturated heterocycles. The number of rotatable bonds is 34. The number of hydrogen-bond donors (Lipinski definition) is 4. The Balaban J connectivity index is 2.43. The molecular formula is C43H75N5O6. The number of amides is 5. The van der Waals surface area contributed by atoms with Crippen LogP contribution in [0.5, 0.6) is 0 Å². The summed E-state index contributed by atoms with van der Waals surface area (Å²) in [5, 5.41) is 11.3. The van der Waals surface area contributed by atoms with E-state index in [1.54, 1.807) is 0 Å². The van der Waals surface area contributed by atoms with Gasteiger partial charge in [0.2, 0.25) is 23.6 Å². The van der Waals surface area contributed by atoms with Crippen LogP contribution >= 0.6 is 0 Å². The molecule has 1 aromatic rings. The Labute approximate surface area is 327 Å². The summed E-state index contributed by atoms with van der Waals surface area (Å²) in [7, 11) is 1.46. The Kier molecular flexibility index (Phi) is 30.4. The van der Waals surface area contributed by atoms with E-state index in [0.29, 0.717) is 13.1 Å². The minimum atomic E-state index is -0.857. The first kappa shape index (κ1) is 48.4. The maximum absolute atomic E-state index is 13.1. The van der Waals surface area contributed by atoms with Crippen molar-refractivity contribution in [3.05, 3.63) is 35.9 Å². The second-order valence-electron chi connectivity index (χ2n) is 14.7. The van der Waals surface area contributed by atoms with Crippen molar-refractivity contribution >= 4 is 29.7 Å². The summed E-state index contributed by atoms with van der Waals surface area (Å²) in [6, 6.07) is 8.39. The number of nitrogens with one attached hydrogen (secondary N) is 4. The number of carbonyl (C=O) groups is 5. The molecule has 0 fully saturated rings. The van der Waals surface area contributed by atoms with Crippen LogP contribution < -0.4 is 21.3 Å². The minimum Gasteiger partial charge on any atom is -0.445 e. The zero-order chi connectivity index (χ0) is 39.5. The molecule has 1 atom stereocenters. The molecule has 5 amide bonds. The van der Waals surface area contributed by atoms with Gasteiger partial charge in [-0.25, -0.2) is 4.79 Å². The number of unbranched alkanes of at least 4 members (excludes halogenated alkanes) is 18. The SMILES string of the molecule is CCCCCCCCCCCCNC(=O)CC[C@H](NC(=O)CCNC(=O)CN(C)C(=O)OCc1ccccc1)C(=O)NCCCCCCCCCCCC. The number of nitrogens with zero attached hydrogens (tertiary/aromatic N) is 1. The lowest BCUT2D eigenvalue weighted by atomic mass is 10.1. The van der Waals surface area contributed by atoms with Crippen molar-refractivity contribution < 1.29 is 28.7 Å². The van der Waals surface area contributed by atoms with Gasteiger partial charge < -0.3 is 30.9 Å². The molecule has 11 heteroatoms. The van der Waals surface area contributed by atoms with Gasteiger partial charge >= 0.3 is 6.09 Å². The van der Waals surface area contributed by atoms with Crippen LogP contribution in [0.3, 0.4) is 0 Å². The van der Waals surface area contributed by atoms with E-state index in [1.807, 2.05) is 30.3 Å². The Hall–Kier alpha value is -3.63. The lowest BCUT2D eigenvalue weighted by Gasteiger charge is -2.19. The van der Waals surface area contributed by atoms with E-state index in [1.165, 1.54) is 103 Å². The average Bonchev–Trinajstić information content (AvgIpc) is 3.16. The first-order chi connectivity index (χ1) is 26.3. The Bertz CT molecular complexity index is 1130. The van der Waals surface area contributed by atoms with Crippen molar-refractivity contribution in [3.63, 3.8) is 0 Å². The molecule has 1 aromatic carbocycles. The van der Waals surface area contributed by atoms with Crippen LogP contribution in [0.4, 0.5) is 4.79 Å². The van der Waals surface area contributed by atoms with Crippen molar-refractivity contribution in [2.75, 3.05) is 33.2 Å². The summed E-state index contributed by atoms with van der Waals surface area (Å²) in [6.45, 7) is 5.49. The van der Waals surface area contributed by atoms with Gasteiger partial charge in [-0.3, -0.25) is 19.2 Å². The predicted octanol–water partition coefficient (Wildman–Crippen LogP) is 8.10. The second kappa shape index (κ2) is 33.9. The van der Waals surface area contributed by atoms with Crippen LogP contribution in [-0.2, 0) is 30.5 Å². The fraction of sp³-hybridized carbons (Fsp3) is 0.744. The molecule has 4 N–H and O–H groups in total. The summed E-state index contributed by atoms with van der Waals surface area (Å²) in [5.74, 6) is -1.28. The zero-order valence-corrected chi connectivity index (χ0v) is 34.2. The van der Waals surface area contributed by atoms with Gasteiger partial charge in [0.05, 0.1) is 0 Å². The highest BCUT2D eigenvalue weighted by atomic mass is 16.6. The highest BCUT2D eigenvalue weighted by molar-refractivity contribution is 5.88. The van der Waals surface area contributed by atoms with Gasteiger partial charge in [0, 0.05) is 39.5 Å². The standard InChI is InChI=1S/C43H75N5O6/c1-4-6-8-10-12-14-16-18-20-25-32-44-39(49)30-29-38(42(52)46-33-26-21-19-17-15-13-11-9-7-5-2)47-40(50)31-34-45-41(51)35-48(3)43(53)54-36-37-27-23-22-24-28-37/h22-24,27-28,38H,4-21,25-26,29-36H2,1-3H3,(H,44,49)(H,45,51)(H,46,52)(H,47,50)/t38-/m0/s1. The highest BCUT2D eigenvalue weighted by Crippen LogP contribution is 2.12. The lowest BCUT2D eigenvalue weighted by molar-refractivity contribution is -0.130. The maximum Gasteiger partial charge on any atom is 0.410 e. The number of hydrogen-bond acceptors (Lipinski definition) is 6. The molecule has 0 spiro atoms. The van der Waals surface area contributed by atoms with Crippen molar-refractivity contribution in [1.29, 1.82) is 0 Å². The molecule has 0 saturated carbocycles. The van der Waals surface area contributed by atoms with Gasteiger partial charge in [0.1, 0.15) is 19.2 Å². The van der Waals surface area contributed by atoms with E-state index in [9.17, 15) is 24.0 Å². The van der Waals surface area contributed by atoms with E-state index in [4.69, 9.17) is 4.74 Å². The Morgan fingerprint density at radius 1 is 0.574 bits per heavy atom. The molecule has 0 aliphatic carbocycles. The fourth-order valence-electron chi connectivity index (χ4n) is 6.17. The van der Waals surface area contributed by atoms with Crippen LogP contribution in [0.25, 0.3) is 0 Å². The molecule has 0 bridgehead atoms. The van der Waals surface area contributed by atoms with Gasteiger partial charge in [-0.1, -0.05) is 160 Å². The molecule has 0 heterocycles. The van der Waals surface area contributed by atoms with Gasteiger partial charge in [-0.15, -0.1) is 0 Å². The van der Waals surface area contributed by atoms with Crippen LogP contribution in [-0.4, -0.2) is 73.9 Å². The number of ether oxygens (including phenoxy) is 1. The summed E-state index contributed by atoms with van der Waals surface area (Å²) >= 11 is 0. The fourth-order valence-corrected chi connectivity index (χ4v) is 6.17. The van der Waals surface area contributed by atoms with Gasteiger partial charge in [-0.2, -0.15) is 0 Å². The third-order valence-corrected chi connectivity index (χ3v) is 9.57. The molecule has 308 valence electrons. The minimum absolute atomic E-state index is 0.0316. The number of carbonyl (C=O) groups excluding carboxylic acids is 5. The molecule has 1 rings (SSSR count). The third-order valence-electron chi connectivity index (χ3n) is 9.57. The largest absolute Gasteiger partial charge is 0.445 e. The molecule has 0 aliphatic rings. The van der Waals surface area contributed by atoms with Crippen molar-refractivity contribution in [3.8, 4) is 0 Å². The smallest absolute Gasteiger partial charge is 0.410 e. The van der Waals surface area contributed by atoms with Gasteiger partial charge in [0.15, 0.2) is 0 Å². The quantitative estimate of drug-likeness (QED) is 0.0523. The van der Waals surface area contributed by atoms with E-state index < -0.39 is 23.9 Å². The van der Waals surface area contributed by atoms with Crippen molar-refractivity contribution in [2.45, 2.75) is 174 Å². The van der Waals surface area contributed by atoms with E-state index >= 15 is 0 Å². The Morgan fingerprint density at radius 2 is 1.06 bits per heavy atom. The summed E-state index contributed by atoms with van der Waals surface area (Å²) < 4.78 is 5.25. The van der Waals surface area contributed by atoms with E-state index in [0.717, 1.165) is 42.6 Å². The monoisotopic (exact) mass is 758 g/mol. The summed E-state index contributed by atoms with van der Waals surface area (Å²) in [6.07, 6.45) is 23.9. The first-order valence-electron chi connectivity index (χ1n) is 21.3. The number of likely N-dealkylation sites (N-methyl/N-ethyl adjacent to an activating group) is 1. The second-order valence-corrected chi connectivity index (χ2v) is 14.7.